The van der Waals surface area contributed by atoms with E-state index in [9.17, 15) is 19.5 Å². The zero-order valence-electron chi connectivity index (χ0n) is 25.9. The van der Waals surface area contributed by atoms with Crippen molar-refractivity contribution in [3.05, 3.63) is 96.1 Å². The van der Waals surface area contributed by atoms with Crippen molar-refractivity contribution < 1.29 is 29.0 Å². The van der Waals surface area contributed by atoms with Gasteiger partial charge in [0, 0.05) is 32.7 Å². The van der Waals surface area contributed by atoms with Crippen LogP contribution in [-0.2, 0) is 19.9 Å². The van der Waals surface area contributed by atoms with Gasteiger partial charge < -0.3 is 19.5 Å². The molecular weight excluding hydrogens is 596 g/mol. The number of anilines is 1. The van der Waals surface area contributed by atoms with E-state index < -0.39 is 35.6 Å². The third-order valence-electron chi connectivity index (χ3n) is 8.43. The predicted octanol–water partition coefficient (Wildman–Crippen LogP) is 3.76. The van der Waals surface area contributed by atoms with Crippen molar-refractivity contribution in [2.75, 3.05) is 57.9 Å². The van der Waals surface area contributed by atoms with E-state index in [2.05, 4.69) is 9.80 Å². The van der Waals surface area contributed by atoms with Crippen molar-refractivity contribution in [3.63, 3.8) is 0 Å². The van der Waals surface area contributed by atoms with Gasteiger partial charge >= 0.3 is 12.0 Å². The number of methoxy groups -OCH3 is 1. The second-order valence-electron chi connectivity index (χ2n) is 11.1. The molecule has 0 aromatic heterocycles. The maximum atomic E-state index is 14.5. The predicted molar refractivity (Wildman–Crippen MR) is 174 cm³/mol. The van der Waals surface area contributed by atoms with Crippen LogP contribution in [0.1, 0.15) is 25.0 Å². The lowest BCUT2D eigenvalue weighted by Crippen LogP contribution is -2.53. The SMILES string of the molecule is CCOC(=O)C(C)N1C(=O)N(CC(O)CN2CCN(c3ccccc3OC)CC2)C(c2ccccc2)(c2ccccc2)C1=O.Cl. The number of imide groups is 1. The number of esters is 1. The number of piperazine rings is 1. The van der Waals surface area contributed by atoms with E-state index in [-0.39, 0.29) is 25.6 Å². The first-order valence-electron chi connectivity index (χ1n) is 15.0. The van der Waals surface area contributed by atoms with Gasteiger partial charge in [0.25, 0.3) is 5.91 Å². The molecule has 2 unspecified atom stereocenters. The molecule has 2 atom stereocenters. The van der Waals surface area contributed by atoms with Crippen molar-refractivity contribution >= 4 is 36.0 Å². The zero-order chi connectivity index (χ0) is 31.3. The fourth-order valence-corrected chi connectivity index (χ4v) is 6.29. The molecule has 3 aromatic rings. The Balaban J connectivity index is 0.00000461. The first-order chi connectivity index (χ1) is 21.3. The van der Waals surface area contributed by atoms with Crippen LogP contribution >= 0.6 is 12.4 Å². The van der Waals surface area contributed by atoms with Crippen LogP contribution < -0.4 is 9.64 Å². The average Bonchev–Trinajstić information content (AvgIpc) is 3.27. The minimum atomic E-state index is -1.58. The number of aliphatic hydroxyl groups is 1. The van der Waals surface area contributed by atoms with E-state index in [1.165, 1.54) is 11.8 Å². The van der Waals surface area contributed by atoms with Gasteiger partial charge in [-0.2, -0.15) is 0 Å². The van der Waals surface area contributed by atoms with Gasteiger partial charge in [-0.3, -0.25) is 14.6 Å². The largest absolute Gasteiger partial charge is 0.495 e. The lowest BCUT2D eigenvalue weighted by atomic mass is 9.81. The number of hydrogen-bond donors (Lipinski definition) is 1. The molecule has 0 aliphatic carbocycles. The highest BCUT2D eigenvalue weighted by atomic mass is 35.5. The molecule has 2 heterocycles. The summed E-state index contributed by atoms with van der Waals surface area (Å²) in [6.45, 7) is 6.39. The highest BCUT2D eigenvalue weighted by Gasteiger charge is 2.61. The molecule has 2 fully saturated rings. The topological polar surface area (TPSA) is 103 Å². The number of nitrogens with zero attached hydrogens (tertiary/aromatic N) is 4. The summed E-state index contributed by atoms with van der Waals surface area (Å²) < 4.78 is 10.7. The third kappa shape index (κ3) is 6.49. The van der Waals surface area contributed by atoms with Gasteiger partial charge in [0.1, 0.15) is 11.8 Å². The number of carbonyl (C=O) groups is 3. The quantitative estimate of drug-likeness (QED) is 0.251. The normalized spacial score (nSPS) is 17.9. The third-order valence-corrected chi connectivity index (χ3v) is 8.43. The molecule has 3 amide bonds. The molecule has 0 saturated carbocycles. The van der Waals surface area contributed by atoms with E-state index >= 15 is 0 Å². The molecule has 11 heteroatoms. The van der Waals surface area contributed by atoms with Crippen LogP contribution in [0.5, 0.6) is 5.75 Å². The number of urea groups is 1. The smallest absolute Gasteiger partial charge is 0.329 e. The molecule has 2 aliphatic heterocycles. The monoisotopic (exact) mass is 636 g/mol. The molecule has 0 spiro atoms. The number of para-hydroxylation sites is 2. The Morgan fingerprint density at radius 2 is 1.42 bits per heavy atom. The van der Waals surface area contributed by atoms with E-state index in [0.717, 1.165) is 29.4 Å². The molecule has 2 saturated heterocycles. The molecular formula is C34H41ClN4O6. The number of β-amino-alcohol motifs (C(OH)–C–C–N with tert-alkyl or cyclic N) is 1. The van der Waals surface area contributed by atoms with Crippen LogP contribution in [0, 0.1) is 0 Å². The highest BCUT2D eigenvalue weighted by Crippen LogP contribution is 2.44. The number of amides is 3. The first-order valence-corrected chi connectivity index (χ1v) is 15.0. The molecule has 1 N–H and O–H groups in total. The van der Waals surface area contributed by atoms with Crippen molar-refractivity contribution in [1.82, 2.24) is 14.7 Å². The van der Waals surface area contributed by atoms with Crippen LogP contribution in [0.25, 0.3) is 0 Å². The Kier molecular flexibility index (Phi) is 11.1. The second-order valence-corrected chi connectivity index (χ2v) is 11.1. The molecule has 5 rings (SSSR count). The molecule has 2 aliphatic rings. The number of carbonyl (C=O) groups excluding carboxylic acids is 3. The summed E-state index contributed by atoms with van der Waals surface area (Å²) in [5, 5.41) is 11.5. The van der Waals surface area contributed by atoms with Crippen LogP contribution in [0.15, 0.2) is 84.9 Å². The van der Waals surface area contributed by atoms with Gasteiger partial charge in [0.2, 0.25) is 0 Å². The van der Waals surface area contributed by atoms with Crippen LogP contribution in [-0.4, -0.2) is 103 Å². The summed E-state index contributed by atoms with van der Waals surface area (Å²) in [5.41, 5.74) is 0.591. The fraction of sp³-hybridized carbons (Fsp3) is 0.382. The summed E-state index contributed by atoms with van der Waals surface area (Å²) in [6, 6.07) is 24.2. The summed E-state index contributed by atoms with van der Waals surface area (Å²) in [5.74, 6) is -0.407. The molecule has 45 heavy (non-hydrogen) atoms. The van der Waals surface area contributed by atoms with Gasteiger partial charge in [0.05, 0.1) is 32.1 Å². The summed E-state index contributed by atoms with van der Waals surface area (Å²) >= 11 is 0. The Hall–Kier alpha value is -4.12. The molecule has 3 aromatic carbocycles. The standard InChI is InChI=1S/C34H40N4O6.ClH/c1-4-44-31(40)25(2)38-32(41)34(26-13-7-5-8-14-26,27-15-9-6-10-16-27)37(33(38)42)24-28(39)23-35-19-21-36(22-20-35)29-17-11-12-18-30(29)43-3;/h5-18,25,28,39H,4,19-24H2,1-3H3;1H. The van der Waals surface area contributed by atoms with E-state index in [4.69, 9.17) is 9.47 Å². The fourth-order valence-electron chi connectivity index (χ4n) is 6.29. The maximum Gasteiger partial charge on any atom is 0.329 e. The summed E-state index contributed by atoms with van der Waals surface area (Å²) in [6.07, 6.45) is -0.964. The number of hydrogen-bond acceptors (Lipinski definition) is 8. The second kappa shape index (κ2) is 14.8. The first kappa shape index (κ1) is 33.8. The Labute approximate surface area is 270 Å². The lowest BCUT2D eigenvalue weighted by Gasteiger charge is -2.39. The number of benzene rings is 3. The average molecular weight is 637 g/mol. The molecule has 0 bridgehead atoms. The minimum Gasteiger partial charge on any atom is -0.495 e. The van der Waals surface area contributed by atoms with E-state index in [0.29, 0.717) is 30.8 Å². The van der Waals surface area contributed by atoms with Crippen LogP contribution in [0.3, 0.4) is 0 Å². The van der Waals surface area contributed by atoms with Crippen molar-refractivity contribution in [1.29, 1.82) is 0 Å². The molecule has 0 radical (unpaired) electrons. The number of rotatable bonds is 11. The van der Waals surface area contributed by atoms with E-state index in [1.807, 2.05) is 60.7 Å². The maximum absolute atomic E-state index is 14.5. The summed E-state index contributed by atoms with van der Waals surface area (Å²) in [7, 11) is 1.66. The van der Waals surface area contributed by atoms with Gasteiger partial charge in [0.15, 0.2) is 5.54 Å². The van der Waals surface area contributed by atoms with Crippen molar-refractivity contribution in [2.24, 2.45) is 0 Å². The van der Waals surface area contributed by atoms with Crippen LogP contribution in [0.2, 0.25) is 0 Å². The Morgan fingerprint density at radius 1 is 0.867 bits per heavy atom. The Morgan fingerprint density at radius 3 is 1.98 bits per heavy atom. The summed E-state index contributed by atoms with van der Waals surface area (Å²) in [4.78, 5) is 48.4. The van der Waals surface area contributed by atoms with Gasteiger partial charge in [-0.15, -0.1) is 12.4 Å². The van der Waals surface area contributed by atoms with Gasteiger partial charge in [-0.1, -0.05) is 72.8 Å². The van der Waals surface area contributed by atoms with Gasteiger partial charge in [-0.25, -0.2) is 14.5 Å². The molecule has 10 nitrogen and oxygen atoms in total. The van der Waals surface area contributed by atoms with E-state index in [1.54, 1.807) is 38.3 Å². The lowest BCUT2D eigenvalue weighted by molar-refractivity contribution is -0.151. The van der Waals surface area contributed by atoms with Crippen molar-refractivity contribution in [3.8, 4) is 5.75 Å². The zero-order valence-corrected chi connectivity index (χ0v) is 26.7. The minimum absolute atomic E-state index is 0. The number of ether oxygens (including phenoxy) is 2. The Bertz CT molecular complexity index is 1410. The molecule has 240 valence electrons. The number of aliphatic hydroxyl groups excluding tert-OH is 1. The highest BCUT2D eigenvalue weighted by molar-refractivity contribution is 6.11. The van der Waals surface area contributed by atoms with Gasteiger partial charge in [-0.05, 0) is 37.1 Å². The van der Waals surface area contributed by atoms with Crippen LogP contribution in [0.4, 0.5) is 10.5 Å². The number of halogens is 1. The van der Waals surface area contributed by atoms with Crippen molar-refractivity contribution in [2.45, 2.75) is 31.5 Å².